The molecule has 2 N–H and O–H groups in total. The molecule has 19 heavy (non-hydrogen) atoms. The van der Waals surface area contributed by atoms with Crippen molar-refractivity contribution in [3.8, 4) is 0 Å². The van der Waals surface area contributed by atoms with Crippen molar-refractivity contribution in [3.63, 3.8) is 0 Å². The Hall–Kier alpha value is -1.11. The Morgan fingerprint density at radius 2 is 2.11 bits per heavy atom. The second-order valence-electron chi connectivity index (χ2n) is 4.36. The average Bonchev–Trinajstić information content (AvgIpc) is 2.27. The van der Waals surface area contributed by atoms with E-state index in [0.717, 1.165) is 5.56 Å². The summed E-state index contributed by atoms with van der Waals surface area (Å²) in [5.74, 6) is -1.55. The van der Waals surface area contributed by atoms with E-state index in [1.807, 2.05) is 6.92 Å². The number of nitrogens with one attached hydrogen (secondary N) is 1. The molecule has 0 bridgehead atoms. The number of halogens is 1. The third-order valence-electron chi connectivity index (χ3n) is 2.67. The molecule has 0 heterocycles. The highest BCUT2D eigenvalue weighted by molar-refractivity contribution is 7.89. The first kappa shape index (κ1) is 15.9. The molecule has 0 aliphatic heterocycles. The van der Waals surface area contributed by atoms with Crippen LogP contribution in [0.4, 0.5) is 0 Å². The third-order valence-corrected chi connectivity index (χ3v) is 4.61. The zero-order valence-electron chi connectivity index (χ0n) is 10.7. The predicted molar refractivity (Wildman–Crippen MR) is 72.8 cm³/mol. The van der Waals surface area contributed by atoms with Gasteiger partial charge in [-0.25, -0.2) is 13.1 Å². The summed E-state index contributed by atoms with van der Waals surface area (Å²) in [6.07, 6.45) is 0.220. The number of rotatable bonds is 6. The van der Waals surface area contributed by atoms with E-state index in [9.17, 15) is 13.2 Å². The molecule has 1 atom stereocenters. The number of carboxylic acids is 1. The van der Waals surface area contributed by atoms with Crippen LogP contribution >= 0.6 is 11.6 Å². The molecule has 0 aliphatic carbocycles. The maximum Gasteiger partial charge on any atom is 0.306 e. The number of hydrogen-bond acceptors (Lipinski definition) is 3. The van der Waals surface area contributed by atoms with E-state index in [1.54, 1.807) is 12.1 Å². The lowest BCUT2D eigenvalue weighted by Crippen LogP contribution is -2.27. The van der Waals surface area contributed by atoms with Gasteiger partial charge >= 0.3 is 5.97 Å². The Morgan fingerprint density at radius 3 is 2.63 bits per heavy atom. The van der Waals surface area contributed by atoms with Gasteiger partial charge in [0.25, 0.3) is 0 Å². The lowest BCUT2D eigenvalue weighted by atomic mass is 10.1. The molecule has 106 valence electrons. The molecule has 0 aliphatic rings. The summed E-state index contributed by atoms with van der Waals surface area (Å²) in [4.78, 5) is 10.6. The molecule has 7 heteroatoms. The number of carbonyl (C=O) groups is 1. The molecule has 1 unspecified atom stereocenters. The average molecular weight is 306 g/mol. The van der Waals surface area contributed by atoms with Gasteiger partial charge in [0.1, 0.15) is 4.90 Å². The van der Waals surface area contributed by atoms with Crippen LogP contribution in [0.15, 0.2) is 23.1 Å². The summed E-state index contributed by atoms with van der Waals surface area (Å²) in [5.41, 5.74) is 0.864. The fourth-order valence-electron chi connectivity index (χ4n) is 1.43. The Morgan fingerprint density at radius 1 is 1.47 bits per heavy atom. The van der Waals surface area contributed by atoms with Crippen molar-refractivity contribution in [1.82, 2.24) is 4.72 Å². The van der Waals surface area contributed by atoms with Crippen molar-refractivity contribution in [3.05, 3.63) is 28.8 Å². The molecular weight excluding hydrogens is 290 g/mol. The van der Waals surface area contributed by atoms with Crippen LogP contribution in [0.2, 0.25) is 5.02 Å². The van der Waals surface area contributed by atoms with Gasteiger partial charge in [-0.3, -0.25) is 4.79 Å². The van der Waals surface area contributed by atoms with E-state index in [4.69, 9.17) is 16.7 Å². The van der Waals surface area contributed by atoms with Gasteiger partial charge in [0.05, 0.1) is 10.9 Å². The number of carboxylic acid groups (broad SMARTS) is 1. The Balaban J connectivity index is 2.74. The van der Waals surface area contributed by atoms with Gasteiger partial charge in [-0.1, -0.05) is 24.6 Å². The Labute approximate surface area is 117 Å². The van der Waals surface area contributed by atoms with Crippen molar-refractivity contribution in [2.75, 3.05) is 6.54 Å². The van der Waals surface area contributed by atoms with Crippen LogP contribution in [0.1, 0.15) is 18.9 Å². The largest absolute Gasteiger partial charge is 0.481 e. The summed E-state index contributed by atoms with van der Waals surface area (Å²) < 4.78 is 26.3. The van der Waals surface area contributed by atoms with Gasteiger partial charge in [0, 0.05) is 6.54 Å². The minimum absolute atomic E-state index is 0.00254. The van der Waals surface area contributed by atoms with Crippen molar-refractivity contribution >= 4 is 27.6 Å². The molecule has 0 saturated heterocycles. The maximum absolute atomic E-state index is 12.0. The highest BCUT2D eigenvalue weighted by atomic mass is 35.5. The number of hydrogen-bond donors (Lipinski definition) is 2. The quantitative estimate of drug-likeness (QED) is 0.842. The van der Waals surface area contributed by atoms with E-state index in [-0.39, 0.29) is 22.9 Å². The number of aryl methyl sites for hydroxylation is 1. The molecule has 1 aromatic rings. The van der Waals surface area contributed by atoms with Crippen molar-refractivity contribution < 1.29 is 18.3 Å². The topological polar surface area (TPSA) is 83.5 Å². The zero-order valence-corrected chi connectivity index (χ0v) is 12.3. The summed E-state index contributed by atoms with van der Waals surface area (Å²) in [5, 5.41) is 8.86. The van der Waals surface area contributed by atoms with Gasteiger partial charge in [0.2, 0.25) is 10.0 Å². The van der Waals surface area contributed by atoms with Crippen molar-refractivity contribution in [2.24, 2.45) is 5.92 Å². The van der Waals surface area contributed by atoms with Crippen LogP contribution in [0.3, 0.4) is 0 Å². The van der Waals surface area contributed by atoms with Crippen LogP contribution < -0.4 is 4.72 Å². The molecule has 0 radical (unpaired) electrons. The Bertz CT molecular complexity index is 571. The van der Waals surface area contributed by atoms with E-state index in [2.05, 4.69) is 4.72 Å². The Kier molecular flexibility index (Phi) is 5.34. The standard InChI is InChI=1S/C12H16ClNO4S/c1-8-3-4-11(10(13)7-8)19(17,18)14-6-5-9(2)12(15)16/h3-4,7,9,14H,5-6H2,1-2H3,(H,15,16). The van der Waals surface area contributed by atoms with Gasteiger partial charge in [-0.15, -0.1) is 0 Å². The zero-order chi connectivity index (χ0) is 14.6. The van der Waals surface area contributed by atoms with Crippen molar-refractivity contribution in [1.29, 1.82) is 0 Å². The smallest absolute Gasteiger partial charge is 0.306 e. The molecule has 0 amide bonds. The summed E-state index contributed by atoms with van der Waals surface area (Å²) >= 11 is 5.89. The monoisotopic (exact) mass is 305 g/mol. The molecule has 1 rings (SSSR count). The molecule has 0 spiro atoms. The van der Waals surface area contributed by atoms with Crippen LogP contribution in [0.25, 0.3) is 0 Å². The van der Waals surface area contributed by atoms with Crippen LogP contribution in [0, 0.1) is 12.8 Å². The molecule has 0 aromatic heterocycles. The highest BCUT2D eigenvalue weighted by Gasteiger charge is 2.18. The lowest BCUT2D eigenvalue weighted by Gasteiger charge is -2.10. The normalized spacial score (nSPS) is 13.2. The van der Waals surface area contributed by atoms with E-state index in [1.165, 1.54) is 13.0 Å². The summed E-state index contributed by atoms with van der Waals surface area (Å²) in [6.45, 7) is 3.39. The first-order valence-electron chi connectivity index (χ1n) is 5.72. The lowest BCUT2D eigenvalue weighted by molar-refractivity contribution is -0.141. The first-order chi connectivity index (χ1) is 8.74. The number of sulfonamides is 1. The van der Waals surface area contributed by atoms with Crippen LogP contribution in [-0.2, 0) is 14.8 Å². The second-order valence-corrected chi connectivity index (χ2v) is 6.50. The van der Waals surface area contributed by atoms with Gasteiger partial charge in [-0.2, -0.15) is 0 Å². The van der Waals surface area contributed by atoms with E-state index in [0.29, 0.717) is 0 Å². The molecule has 5 nitrogen and oxygen atoms in total. The molecule has 0 saturated carbocycles. The van der Waals surface area contributed by atoms with Gasteiger partial charge < -0.3 is 5.11 Å². The highest BCUT2D eigenvalue weighted by Crippen LogP contribution is 2.22. The van der Waals surface area contributed by atoms with Gasteiger partial charge in [-0.05, 0) is 31.0 Å². The number of benzene rings is 1. The minimum Gasteiger partial charge on any atom is -0.481 e. The fraction of sp³-hybridized carbons (Fsp3) is 0.417. The fourth-order valence-corrected chi connectivity index (χ4v) is 3.08. The SMILES string of the molecule is Cc1ccc(S(=O)(=O)NCCC(C)C(=O)O)c(Cl)c1. The summed E-state index contributed by atoms with van der Waals surface area (Å²) in [6, 6.07) is 4.65. The van der Waals surface area contributed by atoms with E-state index < -0.39 is 21.9 Å². The molecular formula is C12H16ClNO4S. The van der Waals surface area contributed by atoms with E-state index >= 15 is 0 Å². The molecule has 0 fully saturated rings. The third kappa shape index (κ3) is 4.49. The van der Waals surface area contributed by atoms with Crippen molar-refractivity contribution in [2.45, 2.75) is 25.2 Å². The van der Waals surface area contributed by atoms with Crippen LogP contribution in [-0.4, -0.2) is 26.0 Å². The summed E-state index contributed by atoms with van der Waals surface area (Å²) in [7, 11) is -3.70. The minimum atomic E-state index is -3.70. The van der Waals surface area contributed by atoms with Crippen LogP contribution in [0.5, 0.6) is 0 Å². The second kappa shape index (κ2) is 6.36. The number of aliphatic carboxylic acids is 1. The van der Waals surface area contributed by atoms with Gasteiger partial charge in [0.15, 0.2) is 0 Å². The first-order valence-corrected chi connectivity index (χ1v) is 7.59. The molecule has 1 aromatic carbocycles. The predicted octanol–water partition coefficient (Wildman–Crippen LogP) is 2.04. The maximum atomic E-state index is 12.0.